The minimum absolute atomic E-state index is 0.00357. The second kappa shape index (κ2) is 9.72. The third-order valence-corrected chi connectivity index (χ3v) is 4.15. The highest BCUT2D eigenvalue weighted by atomic mass is 35.5. The van der Waals surface area contributed by atoms with Crippen molar-refractivity contribution in [2.24, 2.45) is 5.92 Å². The molecule has 1 aromatic rings. The Labute approximate surface area is 146 Å². The largest absolute Gasteiger partial charge is 0.416 e. The maximum Gasteiger partial charge on any atom is 0.416 e. The van der Waals surface area contributed by atoms with E-state index in [1.165, 1.54) is 0 Å². The Morgan fingerprint density at radius 1 is 1.33 bits per heavy atom. The van der Waals surface area contributed by atoms with Crippen LogP contribution in [0, 0.1) is 5.92 Å². The van der Waals surface area contributed by atoms with E-state index in [1.807, 2.05) is 19.9 Å². The summed E-state index contributed by atoms with van der Waals surface area (Å²) in [5.74, 6) is -0.522. The standard InChI is InChI=1S/C18H23ClF3NO/c1-3-5-6-7-8-9-13(4-2)17(24)23-16-12-14(18(20,21)22)10-11-15(16)19/h3,5,10-13H,4,6-9H2,1-2H3,(H,23,24). The van der Waals surface area contributed by atoms with E-state index in [2.05, 4.69) is 11.4 Å². The van der Waals surface area contributed by atoms with Gasteiger partial charge in [0.2, 0.25) is 5.91 Å². The molecule has 6 heteroatoms. The summed E-state index contributed by atoms with van der Waals surface area (Å²) in [6.07, 6.45) is 3.77. The Bertz CT molecular complexity index is 570. The van der Waals surface area contributed by atoms with E-state index in [4.69, 9.17) is 11.6 Å². The molecular weight excluding hydrogens is 339 g/mol. The lowest BCUT2D eigenvalue weighted by molar-refractivity contribution is -0.137. The molecule has 1 rings (SSSR count). The summed E-state index contributed by atoms with van der Waals surface area (Å²) < 4.78 is 38.3. The number of amides is 1. The molecule has 2 nitrogen and oxygen atoms in total. The molecule has 0 aromatic heterocycles. The zero-order chi connectivity index (χ0) is 18.2. The molecule has 1 atom stereocenters. The van der Waals surface area contributed by atoms with Crippen LogP contribution in [0.2, 0.25) is 5.02 Å². The van der Waals surface area contributed by atoms with Gasteiger partial charge in [-0.05, 0) is 50.8 Å². The number of benzene rings is 1. The molecule has 0 saturated heterocycles. The quantitative estimate of drug-likeness (QED) is 0.417. The van der Waals surface area contributed by atoms with Gasteiger partial charge in [0.25, 0.3) is 0 Å². The number of carbonyl (C=O) groups excluding carboxylic acids is 1. The van der Waals surface area contributed by atoms with Crippen LogP contribution in [0.15, 0.2) is 30.4 Å². The van der Waals surface area contributed by atoms with Crippen LogP contribution < -0.4 is 5.32 Å². The SMILES string of the molecule is CC=CCCCCC(CC)C(=O)Nc1cc(C(F)(F)F)ccc1Cl. The van der Waals surface area contributed by atoms with Crippen LogP contribution in [0.1, 0.15) is 51.5 Å². The number of anilines is 1. The summed E-state index contributed by atoms with van der Waals surface area (Å²) in [5, 5.41) is 2.64. The Morgan fingerprint density at radius 2 is 2.04 bits per heavy atom. The Morgan fingerprint density at radius 3 is 2.62 bits per heavy atom. The predicted molar refractivity (Wildman–Crippen MR) is 92.1 cm³/mol. The molecule has 0 saturated carbocycles. The fraction of sp³-hybridized carbons (Fsp3) is 0.500. The van der Waals surface area contributed by atoms with Crippen molar-refractivity contribution in [3.8, 4) is 0 Å². The first-order chi connectivity index (χ1) is 11.3. The molecule has 0 aliphatic carbocycles. The van der Waals surface area contributed by atoms with E-state index in [0.29, 0.717) is 12.8 Å². The van der Waals surface area contributed by atoms with E-state index >= 15 is 0 Å². The normalized spacial score (nSPS) is 13.2. The molecule has 0 bridgehead atoms. The topological polar surface area (TPSA) is 29.1 Å². The molecule has 1 amide bonds. The molecule has 1 aromatic carbocycles. The van der Waals surface area contributed by atoms with Crippen LogP contribution >= 0.6 is 11.6 Å². The lowest BCUT2D eigenvalue weighted by atomic mass is 9.97. The summed E-state index contributed by atoms with van der Waals surface area (Å²) in [6.45, 7) is 3.85. The van der Waals surface area contributed by atoms with Gasteiger partial charge in [-0.25, -0.2) is 0 Å². The van der Waals surface area contributed by atoms with Crippen molar-refractivity contribution in [1.82, 2.24) is 0 Å². The smallest absolute Gasteiger partial charge is 0.325 e. The van der Waals surface area contributed by atoms with E-state index in [1.54, 1.807) is 0 Å². The van der Waals surface area contributed by atoms with Gasteiger partial charge in [0.1, 0.15) is 0 Å². The molecule has 0 fully saturated rings. The molecule has 0 heterocycles. The molecule has 0 aliphatic rings. The number of carbonyl (C=O) groups is 1. The minimum atomic E-state index is -4.47. The van der Waals surface area contributed by atoms with Crippen molar-refractivity contribution in [3.05, 3.63) is 40.9 Å². The number of rotatable bonds is 8. The fourth-order valence-corrected chi connectivity index (χ4v) is 2.54. The van der Waals surface area contributed by atoms with Crippen LogP contribution in [-0.2, 0) is 11.0 Å². The fourth-order valence-electron chi connectivity index (χ4n) is 2.37. The third kappa shape index (κ3) is 6.56. The Hall–Kier alpha value is -1.49. The molecule has 0 aliphatic heterocycles. The first-order valence-corrected chi connectivity index (χ1v) is 8.46. The van der Waals surface area contributed by atoms with Crippen molar-refractivity contribution < 1.29 is 18.0 Å². The molecule has 0 spiro atoms. The number of hydrogen-bond donors (Lipinski definition) is 1. The molecule has 1 N–H and O–H groups in total. The highest BCUT2D eigenvalue weighted by Gasteiger charge is 2.31. The van der Waals surface area contributed by atoms with Crippen molar-refractivity contribution >= 4 is 23.2 Å². The third-order valence-electron chi connectivity index (χ3n) is 3.82. The lowest BCUT2D eigenvalue weighted by Gasteiger charge is -2.16. The van der Waals surface area contributed by atoms with Gasteiger partial charge in [-0.3, -0.25) is 4.79 Å². The molecule has 0 radical (unpaired) electrons. The van der Waals surface area contributed by atoms with Gasteiger partial charge in [0.15, 0.2) is 0 Å². The van der Waals surface area contributed by atoms with E-state index in [9.17, 15) is 18.0 Å². The predicted octanol–water partition coefficient (Wildman–Crippen LogP) is 6.46. The molecule has 1 unspecified atom stereocenters. The minimum Gasteiger partial charge on any atom is -0.325 e. The van der Waals surface area contributed by atoms with E-state index < -0.39 is 11.7 Å². The Kier molecular flexibility index (Phi) is 8.32. The number of halogens is 4. The molecule has 134 valence electrons. The zero-order valence-electron chi connectivity index (χ0n) is 13.9. The van der Waals surface area contributed by atoms with E-state index in [0.717, 1.165) is 37.5 Å². The first-order valence-electron chi connectivity index (χ1n) is 8.08. The highest BCUT2D eigenvalue weighted by molar-refractivity contribution is 6.33. The van der Waals surface area contributed by atoms with Crippen LogP contribution in [0.25, 0.3) is 0 Å². The molecular formula is C18H23ClF3NO. The van der Waals surface area contributed by atoms with Gasteiger partial charge in [0, 0.05) is 5.92 Å². The molecule has 24 heavy (non-hydrogen) atoms. The summed E-state index contributed by atoms with van der Waals surface area (Å²) >= 11 is 5.91. The first kappa shape index (κ1) is 20.6. The van der Waals surface area contributed by atoms with E-state index in [-0.39, 0.29) is 22.5 Å². The maximum absolute atomic E-state index is 12.8. The summed E-state index contributed by atoms with van der Waals surface area (Å²) in [6, 6.07) is 2.92. The van der Waals surface area contributed by atoms with Crippen molar-refractivity contribution in [3.63, 3.8) is 0 Å². The summed E-state index contributed by atoms with van der Waals surface area (Å²) in [5.41, 5.74) is -0.828. The summed E-state index contributed by atoms with van der Waals surface area (Å²) in [4.78, 5) is 12.3. The van der Waals surface area contributed by atoms with Crippen LogP contribution in [-0.4, -0.2) is 5.91 Å². The summed E-state index contributed by atoms with van der Waals surface area (Å²) in [7, 11) is 0. The van der Waals surface area contributed by atoms with Gasteiger partial charge >= 0.3 is 6.18 Å². The van der Waals surface area contributed by atoms with Gasteiger partial charge in [0.05, 0.1) is 16.3 Å². The second-order valence-electron chi connectivity index (χ2n) is 5.64. The van der Waals surface area contributed by atoms with Gasteiger partial charge < -0.3 is 5.32 Å². The van der Waals surface area contributed by atoms with Crippen molar-refractivity contribution in [2.75, 3.05) is 5.32 Å². The average Bonchev–Trinajstić information content (AvgIpc) is 2.51. The second-order valence-corrected chi connectivity index (χ2v) is 6.05. The Balaban J connectivity index is 2.70. The van der Waals surface area contributed by atoms with Crippen LogP contribution in [0.5, 0.6) is 0 Å². The highest BCUT2D eigenvalue weighted by Crippen LogP contribution is 2.34. The monoisotopic (exact) mass is 361 g/mol. The number of unbranched alkanes of at least 4 members (excludes halogenated alkanes) is 2. The van der Waals surface area contributed by atoms with Crippen molar-refractivity contribution in [2.45, 2.75) is 52.1 Å². The van der Waals surface area contributed by atoms with Crippen LogP contribution in [0.4, 0.5) is 18.9 Å². The van der Waals surface area contributed by atoms with Crippen molar-refractivity contribution in [1.29, 1.82) is 0 Å². The van der Waals surface area contributed by atoms with Gasteiger partial charge in [-0.2, -0.15) is 13.2 Å². The number of alkyl halides is 3. The van der Waals surface area contributed by atoms with Gasteiger partial charge in [-0.15, -0.1) is 0 Å². The van der Waals surface area contributed by atoms with Gasteiger partial charge in [-0.1, -0.05) is 37.1 Å². The number of nitrogens with one attached hydrogen (secondary N) is 1. The lowest BCUT2D eigenvalue weighted by Crippen LogP contribution is -2.22. The number of hydrogen-bond acceptors (Lipinski definition) is 1. The zero-order valence-corrected chi connectivity index (χ0v) is 14.7. The average molecular weight is 362 g/mol. The number of allylic oxidation sites excluding steroid dienone is 2. The maximum atomic E-state index is 12.8. The van der Waals surface area contributed by atoms with Crippen LogP contribution in [0.3, 0.4) is 0 Å².